The topological polar surface area (TPSA) is 63.6 Å². The largest absolute Gasteiger partial charge is 0.478 e. The number of rotatable bonds is 2. The van der Waals surface area contributed by atoms with E-state index in [0.29, 0.717) is 0 Å². The number of ether oxygens (including phenoxy) is 1. The lowest BCUT2D eigenvalue weighted by atomic mass is 9.85. The molecule has 0 spiro atoms. The molecule has 88 valence electrons. The molecule has 4 heteroatoms. The number of carboxylic acids is 1. The van der Waals surface area contributed by atoms with E-state index in [0.717, 1.165) is 11.8 Å². The van der Waals surface area contributed by atoms with Crippen LogP contribution >= 0.6 is 0 Å². The molecule has 0 bridgehead atoms. The summed E-state index contributed by atoms with van der Waals surface area (Å²) in [6.07, 6.45) is 10.0. The van der Waals surface area contributed by atoms with E-state index in [1.165, 1.54) is 0 Å². The third-order valence-electron chi connectivity index (χ3n) is 2.86. The molecule has 0 saturated heterocycles. The molecule has 1 aliphatic heterocycles. The van der Waals surface area contributed by atoms with Crippen LogP contribution < -0.4 is 0 Å². The van der Waals surface area contributed by atoms with Crippen molar-refractivity contribution >= 4 is 11.9 Å². The molecule has 0 saturated carbocycles. The SMILES string of the molecule is CC=CC=C1C=CC2C(C(=O)O)=COC(=O)C12. The number of carbonyl (C=O) groups excluding carboxylic acids is 1. The number of cyclic esters (lactones) is 1. The number of aliphatic carboxylic acids is 1. The lowest BCUT2D eigenvalue weighted by Gasteiger charge is -2.23. The Morgan fingerprint density at radius 2 is 2.29 bits per heavy atom. The summed E-state index contributed by atoms with van der Waals surface area (Å²) < 4.78 is 4.79. The average Bonchev–Trinajstić information content (AvgIpc) is 2.71. The smallest absolute Gasteiger partial charge is 0.335 e. The molecule has 2 rings (SSSR count). The number of fused-ring (bicyclic) bond motifs is 1. The molecular formula is C13H12O4. The highest BCUT2D eigenvalue weighted by Crippen LogP contribution is 2.39. The Morgan fingerprint density at radius 1 is 1.53 bits per heavy atom. The fraction of sp³-hybridized carbons (Fsp3) is 0.231. The maximum Gasteiger partial charge on any atom is 0.335 e. The van der Waals surface area contributed by atoms with E-state index < -0.39 is 23.8 Å². The molecule has 4 nitrogen and oxygen atoms in total. The van der Waals surface area contributed by atoms with Gasteiger partial charge in [0.05, 0.1) is 11.5 Å². The van der Waals surface area contributed by atoms with Gasteiger partial charge in [-0.3, -0.25) is 4.79 Å². The van der Waals surface area contributed by atoms with Crippen LogP contribution in [0, 0.1) is 11.8 Å². The second kappa shape index (κ2) is 4.41. The standard InChI is InChI=1S/C13H12O4/c1-2-3-4-8-5-6-9-10(12(14)15)7-17-13(16)11(8)9/h2-7,9,11H,1H3,(H,14,15). The number of carbonyl (C=O) groups is 2. The molecule has 1 heterocycles. The highest BCUT2D eigenvalue weighted by molar-refractivity contribution is 5.93. The van der Waals surface area contributed by atoms with Crippen molar-refractivity contribution in [2.75, 3.05) is 0 Å². The van der Waals surface area contributed by atoms with Gasteiger partial charge in [-0.1, -0.05) is 30.4 Å². The Morgan fingerprint density at radius 3 is 2.94 bits per heavy atom. The van der Waals surface area contributed by atoms with Crippen molar-refractivity contribution in [2.24, 2.45) is 11.8 Å². The number of esters is 1. The Hall–Kier alpha value is -2.10. The monoisotopic (exact) mass is 232 g/mol. The van der Waals surface area contributed by atoms with Crippen LogP contribution in [-0.4, -0.2) is 17.0 Å². The van der Waals surface area contributed by atoms with Crippen LogP contribution in [0.1, 0.15) is 6.92 Å². The Balaban J connectivity index is 2.36. The maximum absolute atomic E-state index is 11.7. The number of carboxylic acid groups (broad SMARTS) is 1. The molecule has 2 unspecified atom stereocenters. The third kappa shape index (κ3) is 1.93. The summed E-state index contributed by atoms with van der Waals surface area (Å²) >= 11 is 0. The van der Waals surface area contributed by atoms with Crippen molar-refractivity contribution in [3.8, 4) is 0 Å². The number of hydrogen-bond donors (Lipinski definition) is 1. The molecular weight excluding hydrogens is 220 g/mol. The molecule has 0 aromatic heterocycles. The first-order chi connectivity index (χ1) is 8.15. The minimum atomic E-state index is -1.05. The zero-order valence-electron chi connectivity index (χ0n) is 9.29. The summed E-state index contributed by atoms with van der Waals surface area (Å²) in [4.78, 5) is 22.7. The van der Waals surface area contributed by atoms with Gasteiger partial charge in [-0.15, -0.1) is 0 Å². The first-order valence-electron chi connectivity index (χ1n) is 5.30. The second-order valence-corrected chi connectivity index (χ2v) is 3.87. The van der Waals surface area contributed by atoms with E-state index >= 15 is 0 Å². The summed E-state index contributed by atoms with van der Waals surface area (Å²) in [6, 6.07) is 0. The first-order valence-corrected chi connectivity index (χ1v) is 5.30. The zero-order chi connectivity index (χ0) is 12.4. The number of allylic oxidation sites excluding steroid dienone is 5. The Bertz CT molecular complexity index is 480. The first kappa shape index (κ1) is 11.4. The van der Waals surface area contributed by atoms with Crippen molar-refractivity contribution in [1.29, 1.82) is 0 Å². The lowest BCUT2D eigenvalue weighted by Crippen LogP contribution is -2.30. The quantitative estimate of drug-likeness (QED) is 0.737. The van der Waals surface area contributed by atoms with Crippen molar-refractivity contribution in [3.05, 3.63) is 47.8 Å². The van der Waals surface area contributed by atoms with Gasteiger partial charge >= 0.3 is 11.9 Å². The van der Waals surface area contributed by atoms with Crippen LogP contribution in [0.15, 0.2) is 47.8 Å². The lowest BCUT2D eigenvalue weighted by molar-refractivity contribution is -0.144. The second-order valence-electron chi connectivity index (χ2n) is 3.87. The van der Waals surface area contributed by atoms with Crippen LogP contribution in [0.5, 0.6) is 0 Å². The summed E-state index contributed by atoms with van der Waals surface area (Å²) in [5.41, 5.74) is 0.902. The molecule has 2 atom stereocenters. The fourth-order valence-corrected chi connectivity index (χ4v) is 2.04. The van der Waals surface area contributed by atoms with Gasteiger partial charge in [0.2, 0.25) is 0 Å². The van der Waals surface area contributed by atoms with Gasteiger partial charge in [0.15, 0.2) is 0 Å². The minimum Gasteiger partial charge on any atom is -0.478 e. The van der Waals surface area contributed by atoms with Gasteiger partial charge in [0.1, 0.15) is 6.26 Å². The summed E-state index contributed by atoms with van der Waals surface area (Å²) in [5.74, 6) is -2.39. The summed E-state index contributed by atoms with van der Waals surface area (Å²) in [5, 5.41) is 9.01. The molecule has 0 fully saturated rings. The van der Waals surface area contributed by atoms with Crippen molar-refractivity contribution in [1.82, 2.24) is 0 Å². The molecule has 17 heavy (non-hydrogen) atoms. The van der Waals surface area contributed by atoms with Crippen molar-refractivity contribution < 1.29 is 19.4 Å². The highest BCUT2D eigenvalue weighted by atomic mass is 16.5. The van der Waals surface area contributed by atoms with E-state index in [1.807, 2.05) is 19.1 Å². The Kier molecular flexibility index (Phi) is 2.95. The molecule has 0 amide bonds. The molecule has 1 aliphatic carbocycles. The van der Waals surface area contributed by atoms with Crippen LogP contribution in [0.2, 0.25) is 0 Å². The van der Waals surface area contributed by atoms with Gasteiger partial charge in [-0.05, 0) is 12.5 Å². The van der Waals surface area contributed by atoms with Gasteiger partial charge in [0, 0.05) is 5.92 Å². The van der Waals surface area contributed by atoms with E-state index in [2.05, 4.69) is 0 Å². The van der Waals surface area contributed by atoms with Gasteiger partial charge in [0.25, 0.3) is 0 Å². The van der Waals surface area contributed by atoms with E-state index in [-0.39, 0.29) is 5.57 Å². The predicted octanol–water partition coefficient (Wildman–Crippen LogP) is 1.82. The Labute approximate surface area is 98.6 Å². The molecule has 2 aliphatic rings. The summed E-state index contributed by atoms with van der Waals surface area (Å²) in [6.45, 7) is 1.87. The minimum absolute atomic E-state index is 0.120. The maximum atomic E-state index is 11.7. The number of hydrogen-bond acceptors (Lipinski definition) is 3. The molecule has 0 aromatic carbocycles. The van der Waals surface area contributed by atoms with E-state index in [4.69, 9.17) is 9.84 Å². The predicted molar refractivity (Wildman–Crippen MR) is 60.8 cm³/mol. The normalized spacial score (nSPS) is 29.4. The molecule has 0 aromatic rings. The van der Waals surface area contributed by atoms with Gasteiger partial charge in [-0.25, -0.2) is 4.79 Å². The van der Waals surface area contributed by atoms with Gasteiger partial charge < -0.3 is 9.84 Å². The van der Waals surface area contributed by atoms with Crippen molar-refractivity contribution in [2.45, 2.75) is 6.92 Å². The summed E-state index contributed by atoms with van der Waals surface area (Å²) in [7, 11) is 0. The van der Waals surface area contributed by atoms with Crippen LogP contribution in [0.25, 0.3) is 0 Å². The highest BCUT2D eigenvalue weighted by Gasteiger charge is 2.41. The third-order valence-corrected chi connectivity index (χ3v) is 2.86. The van der Waals surface area contributed by atoms with Crippen molar-refractivity contribution in [3.63, 3.8) is 0 Å². The van der Waals surface area contributed by atoms with E-state index in [1.54, 1.807) is 18.2 Å². The molecule has 1 N–H and O–H groups in total. The van der Waals surface area contributed by atoms with Crippen LogP contribution in [-0.2, 0) is 14.3 Å². The average molecular weight is 232 g/mol. The molecule has 0 radical (unpaired) electrons. The van der Waals surface area contributed by atoms with Crippen LogP contribution in [0.3, 0.4) is 0 Å². The van der Waals surface area contributed by atoms with E-state index in [9.17, 15) is 9.59 Å². The van der Waals surface area contributed by atoms with Crippen LogP contribution in [0.4, 0.5) is 0 Å². The zero-order valence-corrected chi connectivity index (χ0v) is 9.29. The van der Waals surface area contributed by atoms with Gasteiger partial charge in [-0.2, -0.15) is 0 Å². The fourth-order valence-electron chi connectivity index (χ4n) is 2.04.